The molecule has 0 aliphatic carbocycles. The Hall–Kier alpha value is -3.25. The van der Waals surface area contributed by atoms with E-state index >= 15 is 0 Å². The zero-order valence-corrected chi connectivity index (χ0v) is 24.5. The van der Waals surface area contributed by atoms with Gasteiger partial charge in [0.05, 0.1) is 32.9 Å². The average Bonchev–Trinajstić information content (AvgIpc) is 2.89. The molecule has 4 aromatic rings. The number of aromatic nitrogens is 2. The van der Waals surface area contributed by atoms with Crippen molar-refractivity contribution in [2.45, 2.75) is 33.3 Å². The molecule has 0 fully saturated rings. The number of nitrogens with zero attached hydrogens (tertiary/aromatic N) is 3. The van der Waals surface area contributed by atoms with Crippen LogP contribution in [0.4, 0.5) is 0 Å². The number of benzene rings is 3. The van der Waals surface area contributed by atoms with E-state index in [0.717, 1.165) is 25.6 Å². The maximum Gasteiger partial charge on any atom is 0.335 e. The van der Waals surface area contributed by atoms with Gasteiger partial charge in [-0.15, -0.1) is 0 Å². The fourth-order valence-electron chi connectivity index (χ4n) is 3.84. The summed E-state index contributed by atoms with van der Waals surface area (Å²) in [4.78, 5) is 29.2. The van der Waals surface area contributed by atoms with Crippen LogP contribution in [-0.4, -0.2) is 33.6 Å². The van der Waals surface area contributed by atoms with Crippen LogP contribution in [-0.2, 0) is 13.0 Å². The van der Waals surface area contributed by atoms with Crippen LogP contribution in [0.1, 0.15) is 47.6 Å². The van der Waals surface area contributed by atoms with Gasteiger partial charge in [0.2, 0.25) is 0 Å². The SMILES string of the molecule is CCCc1nc2ccc(Br)cc2c(=O)n1N=Cc1cc(I)c(OCc2cccc(C(=O)O)c2)c(OCC)c1. The van der Waals surface area contributed by atoms with Gasteiger partial charge < -0.3 is 14.6 Å². The molecule has 8 nitrogen and oxygen atoms in total. The maximum absolute atomic E-state index is 13.3. The summed E-state index contributed by atoms with van der Waals surface area (Å²) in [6.07, 6.45) is 3.03. The molecule has 0 aliphatic rings. The molecule has 10 heteroatoms. The number of carboxylic acid groups (broad SMARTS) is 1. The first-order valence-electron chi connectivity index (χ1n) is 12.0. The first-order valence-corrected chi connectivity index (χ1v) is 13.8. The summed E-state index contributed by atoms with van der Waals surface area (Å²) in [7, 11) is 0. The molecular weight excluding hydrogens is 665 g/mol. The van der Waals surface area contributed by atoms with Gasteiger partial charge in [-0.25, -0.2) is 9.78 Å². The third kappa shape index (κ3) is 6.41. The number of aryl methyl sites for hydroxylation is 1. The third-order valence-electron chi connectivity index (χ3n) is 5.56. The van der Waals surface area contributed by atoms with Crippen LogP contribution < -0.4 is 15.0 Å². The normalized spacial score (nSPS) is 11.3. The van der Waals surface area contributed by atoms with E-state index in [9.17, 15) is 14.7 Å². The van der Waals surface area contributed by atoms with E-state index in [1.165, 1.54) is 10.7 Å². The minimum atomic E-state index is -0.990. The van der Waals surface area contributed by atoms with Crippen molar-refractivity contribution >= 4 is 61.6 Å². The lowest BCUT2D eigenvalue weighted by Gasteiger charge is -2.15. The van der Waals surface area contributed by atoms with Crippen molar-refractivity contribution in [1.82, 2.24) is 9.66 Å². The summed E-state index contributed by atoms with van der Waals surface area (Å²) in [5, 5.41) is 14.2. The first kappa shape index (κ1) is 27.8. The second kappa shape index (κ2) is 12.5. The molecular formula is C28H25BrIN3O5. The maximum atomic E-state index is 13.3. The Labute approximate surface area is 241 Å². The number of ether oxygens (including phenoxy) is 2. The van der Waals surface area contributed by atoms with Crippen LogP contribution >= 0.6 is 38.5 Å². The van der Waals surface area contributed by atoms with Gasteiger partial charge in [0, 0.05) is 10.9 Å². The monoisotopic (exact) mass is 689 g/mol. The summed E-state index contributed by atoms with van der Waals surface area (Å²) in [6, 6.07) is 15.7. The highest BCUT2D eigenvalue weighted by Crippen LogP contribution is 2.34. The minimum Gasteiger partial charge on any atom is -0.490 e. The zero-order chi connectivity index (χ0) is 27.2. The van der Waals surface area contributed by atoms with E-state index in [1.54, 1.807) is 30.5 Å². The van der Waals surface area contributed by atoms with E-state index in [4.69, 9.17) is 9.47 Å². The second-order valence-electron chi connectivity index (χ2n) is 8.36. The van der Waals surface area contributed by atoms with Gasteiger partial charge in [-0.2, -0.15) is 9.78 Å². The Balaban J connectivity index is 1.67. The lowest BCUT2D eigenvalue weighted by Crippen LogP contribution is -2.22. The lowest BCUT2D eigenvalue weighted by atomic mass is 10.1. The molecule has 196 valence electrons. The summed E-state index contributed by atoms with van der Waals surface area (Å²) in [6.45, 7) is 4.51. The molecule has 0 saturated heterocycles. The van der Waals surface area contributed by atoms with E-state index in [-0.39, 0.29) is 17.7 Å². The van der Waals surface area contributed by atoms with Crippen LogP contribution in [0.25, 0.3) is 10.9 Å². The molecule has 1 heterocycles. The summed E-state index contributed by atoms with van der Waals surface area (Å²) >= 11 is 5.58. The van der Waals surface area contributed by atoms with Crippen LogP contribution in [0.15, 0.2) is 69.0 Å². The standard InChI is InChI=1S/C28H25BrIN3O5/c1-3-6-25-32-23-10-9-20(29)14-21(23)27(34)33(25)31-15-18-12-22(30)26(24(13-18)37-4-2)38-16-17-7-5-8-19(11-17)28(35)36/h5,7-15H,3-4,6,16H2,1-2H3,(H,35,36). The smallest absolute Gasteiger partial charge is 0.335 e. The van der Waals surface area contributed by atoms with Crippen molar-refractivity contribution in [3.8, 4) is 11.5 Å². The summed E-state index contributed by atoms with van der Waals surface area (Å²) in [5.41, 5.74) is 2.05. The van der Waals surface area contributed by atoms with Gasteiger partial charge in [0.15, 0.2) is 11.5 Å². The van der Waals surface area contributed by atoms with Gasteiger partial charge in [0.1, 0.15) is 12.4 Å². The molecule has 0 aliphatic heterocycles. The Kier molecular flexibility index (Phi) is 9.16. The molecule has 1 N–H and O–H groups in total. The first-order chi connectivity index (χ1) is 18.3. The Morgan fingerprint density at radius 1 is 1.16 bits per heavy atom. The number of hydrogen-bond donors (Lipinski definition) is 1. The van der Waals surface area contributed by atoms with Gasteiger partial charge in [-0.3, -0.25) is 4.79 Å². The van der Waals surface area contributed by atoms with Crippen LogP contribution in [0, 0.1) is 3.57 Å². The molecule has 0 unspecified atom stereocenters. The van der Waals surface area contributed by atoms with Gasteiger partial charge >= 0.3 is 5.97 Å². The number of hydrogen-bond acceptors (Lipinski definition) is 6. The van der Waals surface area contributed by atoms with Crippen molar-refractivity contribution in [3.05, 3.63) is 95.5 Å². The highest BCUT2D eigenvalue weighted by atomic mass is 127. The van der Waals surface area contributed by atoms with E-state index in [1.807, 2.05) is 38.1 Å². The van der Waals surface area contributed by atoms with E-state index < -0.39 is 5.97 Å². The van der Waals surface area contributed by atoms with Crippen LogP contribution in [0.2, 0.25) is 0 Å². The largest absolute Gasteiger partial charge is 0.490 e. The zero-order valence-electron chi connectivity index (χ0n) is 20.8. The molecule has 0 radical (unpaired) electrons. The highest BCUT2D eigenvalue weighted by Gasteiger charge is 2.14. The van der Waals surface area contributed by atoms with Crippen molar-refractivity contribution < 1.29 is 19.4 Å². The van der Waals surface area contributed by atoms with Crippen molar-refractivity contribution in [2.75, 3.05) is 6.61 Å². The lowest BCUT2D eigenvalue weighted by molar-refractivity contribution is 0.0696. The van der Waals surface area contributed by atoms with Crippen molar-refractivity contribution in [3.63, 3.8) is 0 Å². The van der Waals surface area contributed by atoms with Crippen molar-refractivity contribution in [2.24, 2.45) is 5.10 Å². The van der Waals surface area contributed by atoms with Gasteiger partial charge in [-0.1, -0.05) is 35.0 Å². The Morgan fingerprint density at radius 3 is 2.71 bits per heavy atom. The molecule has 0 saturated carbocycles. The highest BCUT2D eigenvalue weighted by molar-refractivity contribution is 14.1. The van der Waals surface area contributed by atoms with Gasteiger partial charge in [-0.05, 0) is 89.5 Å². The molecule has 4 rings (SSSR count). The summed E-state index contributed by atoms with van der Waals surface area (Å²) in [5.74, 6) is 0.672. The average molecular weight is 690 g/mol. The predicted molar refractivity (Wildman–Crippen MR) is 159 cm³/mol. The number of carboxylic acids is 1. The summed E-state index contributed by atoms with van der Waals surface area (Å²) < 4.78 is 14.8. The number of rotatable bonds is 10. The molecule has 3 aromatic carbocycles. The Morgan fingerprint density at radius 2 is 1.97 bits per heavy atom. The number of carbonyl (C=O) groups is 1. The van der Waals surface area contributed by atoms with E-state index in [0.29, 0.717) is 41.3 Å². The molecule has 0 bridgehead atoms. The molecule has 0 spiro atoms. The van der Waals surface area contributed by atoms with Crippen LogP contribution in [0.5, 0.6) is 11.5 Å². The third-order valence-corrected chi connectivity index (χ3v) is 6.85. The number of halogens is 2. The number of aromatic carboxylic acids is 1. The fraction of sp³-hybridized carbons (Fsp3) is 0.214. The van der Waals surface area contributed by atoms with Gasteiger partial charge in [0.25, 0.3) is 5.56 Å². The molecule has 38 heavy (non-hydrogen) atoms. The van der Waals surface area contributed by atoms with Crippen molar-refractivity contribution in [1.29, 1.82) is 0 Å². The topological polar surface area (TPSA) is 103 Å². The quantitative estimate of drug-likeness (QED) is 0.156. The molecule has 0 atom stereocenters. The number of fused-ring (bicyclic) bond motifs is 1. The fourth-order valence-corrected chi connectivity index (χ4v) is 4.98. The minimum absolute atomic E-state index is 0.179. The molecule has 0 amide bonds. The Bertz CT molecular complexity index is 1590. The van der Waals surface area contributed by atoms with Crippen LogP contribution in [0.3, 0.4) is 0 Å². The van der Waals surface area contributed by atoms with E-state index in [2.05, 4.69) is 48.6 Å². The second-order valence-corrected chi connectivity index (χ2v) is 10.4. The molecule has 1 aromatic heterocycles. The predicted octanol–water partition coefficient (Wildman–Crippen LogP) is 6.27.